The Morgan fingerprint density at radius 3 is 3.08 bits per heavy atom. The van der Waals surface area contributed by atoms with Gasteiger partial charge in [0.25, 0.3) is 5.91 Å². The Morgan fingerprint density at radius 1 is 1.29 bits per heavy atom. The first-order chi connectivity index (χ1) is 11.8. The van der Waals surface area contributed by atoms with Gasteiger partial charge in [-0.3, -0.25) is 9.48 Å². The van der Waals surface area contributed by atoms with Crippen molar-refractivity contribution in [1.82, 2.24) is 19.8 Å². The predicted octanol–water partition coefficient (Wildman–Crippen LogP) is 1.68. The lowest BCUT2D eigenvalue weighted by atomic mass is 9.96. The van der Waals surface area contributed by atoms with Crippen molar-refractivity contribution in [2.45, 2.75) is 44.8 Å². The van der Waals surface area contributed by atoms with Crippen LogP contribution in [0.2, 0.25) is 0 Å². The summed E-state index contributed by atoms with van der Waals surface area (Å²) in [5.41, 5.74) is 1.98. The van der Waals surface area contributed by atoms with E-state index >= 15 is 0 Å². The summed E-state index contributed by atoms with van der Waals surface area (Å²) < 4.78 is 13.1. The topological polar surface area (TPSA) is 73.4 Å². The van der Waals surface area contributed by atoms with Crippen molar-refractivity contribution in [3.05, 3.63) is 35.5 Å². The second-order valence-corrected chi connectivity index (χ2v) is 6.47. The molecule has 0 spiro atoms. The monoisotopic (exact) mass is 330 g/mol. The van der Waals surface area contributed by atoms with Crippen molar-refractivity contribution in [3.8, 4) is 0 Å². The molecule has 1 fully saturated rings. The molecule has 2 aromatic heterocycles. The maximum Gasteiger partial charge on any atom is 0.292 e. The minimum absolute atomic E-state index is 0.0541. The van der Waals surface area contributed by atoms with E-state index in [2.05, 4.69) is 10.3 Å². The molecule has 0 saturated carbocycles. The summed E-state index contributed by atoms with van der Waals surface area (Å²) in [6.07, 6.45) is 8.45. The average molecular weight is 330 g/mol. The molecule has 4 rings (SSSR count). The van der Waals surface area contributed by atoms with Crippen LogP contribution < -0.4 is 0 Å². The van der Waals surface area contributed by atoms with Gasteiger partial charge in [-0.15, -0.1) is 0 Å². The van der Waals surface area contributed by atoms with Gasteiger partial charge in [-0.2, -0.15) is 5.10 Å². The fourth-order valence-electron chi connectivity index (χ4n) is 3.51. The molecule has 0 bridgehead atoms. The van der Waals surface area contributed by atoms with E-state index < -0.39 is 0 Å². The first-order valence-electron chi connectivity index (χ1n) is 8.67. The lowest BCUT2D eigenvalue weighted by molar-refractivity contribution is 0.0355. The fraction of sp³-hybridized carbons (Fsp3) is 0.588. The van der Waals surface area contributed by atoms with E-state index in [4.69, 9.17) is 9.26 Å². The van der Waals surface area contributed by atoms with Crippen molar-refractivity contribution in [3.63, 3.8) is 0 Å². The molecule has 2 aromatic rings. The maximum atomic E-state index is 12.9. The predicted molar refractivity (Wildman–Crippen MR) is 85.6 cm³/mol. The van der Waals surface area contributed by atoms with E-state index in [0.717, 1.165) is 43.4 Å². The van der Waals surface area contributed by atoms with Crippen LogP contribution in [0, 0.1) is 0 Å². The summed E-state index contributed by atoms with van der Waals surface area (Å²) in [7, 11) is 0. The lowest BCUT2D eigenvalue weighted by Gasteiger charge is -2.23. The van der Waals surface area contributed by atoms with Crippen molar-refractivity contribution in [1.29, 1.82) is 0 Å². The summed E-state index contributed by atoms with van der Waals surface area (Å²) >= 11 is 0. The highest BCUT2D eigenvalue weighted by atomic mass is 16.5. The average Bonchev–Trinajstić information content (AvgIpc) is 3.20. The van der Waals surface area contributed by atoms with Crippen LogP contribution >= 0.6 is 0 Å². The molecule has 3 heterocycles. The number of fused-ring (bicyclic) bond motifs is 1. The Kier molecular flexibility index (Phi) is 4.34. The zero-order chi connectivity index (χ0) is 16.4. The highest BCUT2D eigenvalue weighted by Crippen LogP contribution is 2.25. The molecule has 1 aliphatic carbocycles. The number of amides is 1. The van der Waals surface area contributed by atoms with Crippen LogP contribution in [0.25, 0.3) is 0 Å². The zero-order valence-electron chi connectivity index (χ0n) is 13.7. The Hall–Kier alpha value is -2.15. The number of carbonyl (C=O) groups excluding carboxylic acids is 1. The van der Waals surface area contributed by atoms with Gasteiger partial charge in [-0.05, 0) is 38.2 Å². The molecule has 0 aromatic carbocycles. The maximum absolute atomic E-state index is 12.9. The molecule has 7 heteroatoms. The number of aryl methyl sites for hydroxylation is 1. The van der Waals surface area contributed by atoms with E-state index in [1.807, 2.05) is 21.8 Å². The van der Waals surface area contributed by atoms with Gasteiger partial charge in [0.15, 0.2) is 0 Å². The van der Waals surface area contributed by atoms with Crippen LogP contribution in [0.3, 0.4) is 0 Å². The first kappa shape index (κ1) is 15.4. The Morgan fingerprint density at radius 2 is 2.21 bits per heavy atom. The highest BCUT2D eigenvalue weighted by Gasteiger charge is 2.30. The van der Waals surface area contributed by atoms with Gasteiger partial charge in [-0.25, -0.2) is 0 Å². The molecule has 1 atom stereocenters. The molecular weight excluding hydrogens is 308 g/mol. The minimum atomic E-state index is -0.0601. The third-order valence-electron chi connectivity index (χ3n) is 4.74. The Bertz CT molecular complexity index is 695. The summed E-state index contributed by atoms with van der Waals surface area (Å²) in [6, 6.07) is 1.89. The number of carbonyl (C=O) groups is 1. The van der Waals surface area contributed by atoms with E-state index in [1.54, 1.807) is 6.20 Å². The molecule has 1 saturated heterocycles. The van der Waals surface area contributed by atoms with E-state index in [9.17, 15) is 4.79 Å². The molecule has 7 nitrogen and oxygen atoms in total. The van der Waals surface area contributed by atoms with Gasteiger partial charge in [-0.1, -0.05) is 5.16 Å². The summed E-state index contributed by atoms with van der Waals surface area (Å²) in [6.45, 7) is 2.54. The molecule has 1 amide bonds. The second kappa shape index (κ2) is 6.76. The van der Waals surface area contributed by atoms with Crippen molar-refractivity contribution in [2.24, 2.45) is 0 Å². The second-order valence-electron chi connectivity index (χ2n) is 6.47. The number of rotatable bonds is 3. The molecule has 24 heavy (non-hydrogen) atoms. The molecule has 0 N–H and O–H groups in total. The summed E-state index contributed by atoms with van der Waals surface area (Å²) in [5, 5.41) is 8.33. The van der Waals surface area contributed by atoms with Crippen LogP contribution in [0.1, 0.15) is 41.1 Å². The van der Waals surface area contributed by atoms with Gasteiger partial charge in [0, 0.05) is 37.7 Å². The molecule has 128 valence electrons. The standard InChI is InChI=1S/C17H22N4O3/c22-17(16-14-5-1-2-6-15(14)19-24-16)20-8-4-10-23-13(11-20)12-21-9-3-7-18-21/h3,7,9,13H,1-2,4-6,8,10-12H2. The molecule has 1 unspecified atom stereocenters. The van der Waals surface area contributed by atoms with Crippen molar-refractivity contribution >= 4 is 5.91 Å². The number of ether oxygens (including phenoxy) is 1. The van der Waals surface area contributed by atoms with Crippen LogP contribution in [0.15, 0.2) is 23.0 Å². The van der Waals surface area contributed by atoms with Crippen LogP contribution in [-0.4, -0.2) is 51.5 Å². The third-order valence-corrected chi connectivity index (χ3v) is 4.74. The highest BCUT2D eigenvalue weighted by molar-refractivity contribution is 5.93. The van der Waals surface area contributed by atoms with Crippen LogP contribution in [-0.2, 0) is 24.1 Å². The van der Waals surface area contributed by atoms with Gasteiger partial charge in [0.1, 0.15) is 0 Å². The quantitative estimate of drug-likeness (QED) is 0.856. The van der Waals surface area contributed by atoms with Gasteiger partial charge in [0.05, 0.1) is 18.3 Å². The van der Waals surface area contributed by atoms with E-state index in [0.29, 0.717) is 32.0 Å². The fourth-order valence-corrected chi connectivity index (χ4v) is 3.51. The smallest absolute Gasteiger partial charge is 0.292 e. The van der Waals surface area contributed by atoms with Gasteiger partial charge < -0.3 is 14.2 Å². The number of nitrogens with zero attached hydrogens (tertiary/aromatic N) is 4. The molecule has 1 aliphatic heterocycles. The minimum Gasteiger partial charge on any atom is -0.374 e. The SMILES string of the molecule is O=C(c1onc2c1CCCC2)N1CCCOC(Cn2cccn2)C1. The lowest BCUT2D eigenvalue weighted by Crippen LogP contribution is -2.38. The summed E-state index contributed by atoms with van der Waals surface area (Å²) in [5.74, 6) is 0.381. The Labute approximate surface area is 140 Å². The van der Waals surface area contributed by atoms with Crippen LogP contribution in [0.5, 0.6) is 0 Å². The molecule has 2 aliphatic rings. The first-order valence-corrected chi connectivity index (χ1v) is 8.67. The Balaban J connectivity index is 1.49. The van der Waals surface area contributed by atoms with Crippen molar-refractivity contribution in [2.75, 3.05) is 19.7 Å². The molecule has 0 radical (unpaired) electrons. The number of aromatic nitrogens is 3. The summed E-state index contributed by atoms with van der Waals surface area (Å²) in [4.78, 5) is 14.8. The van der Waals surface area contributed by atoms with E-state index in [1.165, 1.54) is 0 Å². The van der Waals surface area contributed by atoms with Gasteiger partial charge in [0.2, 0.25) is 5.76 Å². The molecular formula is C17H22N4O3. The van der Waals surface area contributed by atoms with Crippen molar-refractivity contribution < 1.29 is 14.1 Å². The number of hydrogen-bond donors (Lipinski definition) is 0. The largest absolute Gasteiger partial charge is 0.374 e. The van der Waals surface area contributed by atoms with Crippen LogP contribution in [0.4, 0.5) is 0 Å². The van der Waals surface area contributed by atoms with Gasteiger partial charge >= 0.3 is 0 Å². The normalized spacial score (nSPS) is 21.3. The third kappa shape index (κ3) is 3.08. The number of hydrogen-bond acceptors (Lipinski definition) is 5. The zero-order valence-corrected chi connectivity index (χ0v) is 13.7. The van der Waals surface area contributed by atoms with E-state index in [-0.39, 0.29) is 12.0 Å².